The van der Waals surface area contributed by atoms with Gasteiger partial charge in [0.2, 0.25) is 11.8 Å². The van der Waals surface area contributed by atoms with Gasteiger partial charge in [0, 0.05) is 26.1 Å². The zero-order valence-electron chi connectivity index (χ0n) is 29.7. The summed E-state index contributed by atoms with van der Waals surface area (Å²) in [6, 6.07) is 14.6. The van der Waals surface area contributed by atoms with Gasteiger partial charge in [-0.25, -0.2) is 8.42 Å². The Hall–Kier alpha value is -4.83. The first-order valence-electron chi connectivity index (χ1n) is 17.0. The van der Waals surface area contributed by atoms with Crippen molar-refractivity contribution in [1.29, 1.82) is 0 Å². The van der Waals surface area contributed by atoms with Crippen LogP contribution in [0.2, 0.25) is 0 Å². The van der Waals surface area contributed by atoms with Crippen molar-refractivity contribution < 1.29 is 57.6 Å². The molecule has 0 saturated heterocycles. The van der Waals surface area contributed by atoms with Gasteiger partial charge in [0.15, 0.2) is 9.84 Å². The van der Waals surface area contributed by atoms with E-state index in [-0.39, 0.29) is 30.2 Å². The van der Waals surface area contributed by atoms with E-state index in [1.54, 1.807) is 61.5 Å². The number of unbranched alkanes of at least 4 members (excludes halogenated alkanes) is 1. The van der Waals surface area contributed by atoms with E-state index in [1.165, 1.54) is 0 Å². The van der Waals surface area contributed by atoms with Crippen LogP contribution in [0.5, 0.6) is 0 Å². The summed E-state index contributed by atoms with van der Waals surface area (Å²) in [5.41, 5.74) is 1.36. The summed E-state index contributed by atoms with van der Waals surface area (Å²) in [7, 11) is -2.39. The van der Waals surface area contributed by atoms with Gasteiger partial charge in [-0.1, -0.05) is 61.9 Å². The predicted molar refractivity (Wildman–Crippen MR) is 189 cm³/mol. The zero-order chi connectivity index (χ0) is 39.2. The number of hydrogen-bond donors (Lipinski definition) is 7. The summed E-state index contributed by atoms with van der Waals surface area (Å²) in [5.74, 6) is -22.6. The molecule has 7 atom stereocenters. The first kappa shape index (κ1) is 43.3. The molecule has 16 heteroatoms. The van der Waals surface area contributed by atoms with Crippen LogP contribution in [0.25, 0.3) is 0 Å². The number of sulfone groups is 1. The summed E-state index contributed by atoms with van der Waals surface area (Å²) in [6.45, 7) is 5.24. The monoisotopic (exact) mass is 747 g/mol. The number of amides is 2. The Kier molecular flexibility index (Phi) is 16.9. The van der Waals surface area contributed by atoms with Crippen LogP contribution < -0.4 is 16.0 Å². The Labute approximate surface area is 303 Å². The topological polar surface area (TPSA) is 254 Å². The lowest BCUT2D eigenvalue weighted by Gasteiger charge is -2.37. The van der Waals surface area contributed by atoms with E-state index >= 15 is 0 Å². The fourth-order valence-electron chi connectivity index (χ4n) is 6.53. The minimum atomic E-state index is -3.47. The van der Waals surface area contributed by atoms with Crippen molar-refractivity contribution in [3.63, 3.8) is 0 Å². The molecule has 0 radical (unpaired) electrons. The third-order valence-corrected chi connectivity index (χ3v) is 11.0. The number of rotatable bonds is 23. The van der Waals surface area contributed by atoms with Crippen molar-refractivity contribution in [2.24, 2.45) is 35.5 Å². The lowest BCUT2D eigenvalue weighted by atomic mass is 9.64. The molecule has 0 saturated carbocycles. The third kappa shape index (κ3) is 11.6. The normalized spacial score (nSPS) is 15.5. The van der Waals surface area contributed by atoms with E-state index in [0.717, 1.165) is 19.5 Å². The van der Waals surface area contributed by atoms with Gasteiger partial charge in [0.1, 0.15) is 0 Å². The molecule has 2 rings (SSSR count). The third-order valence-electron chi connectivity index (χ3n) is 9.30. The molecule has 0 spiro atoms. The number of carboxylic acid groups (broad SMARTS) is 4. The Balaban J connectivity index is 2.22. The lowest BCUT2D eigenvalue weighted by molar-refractivity contribution is -0.171. The second-order valence-electron chi connectivity index (χ2n) is 12.7. The molecule has 0 bridgehead atoms. The Bertz CT molecular complexity index is 1650. The highest BCUT2D eigenvalue weighted by molar-refractivity contribution is 7.91. The molecule has 7 unspecified atom stereocenters. The maximum absolute atomic E-state index is 13.4. The molecule has 0 heterocycles. The van der Waals surface area contributed by atoms with Crippen LogP contribution >= 0.6 is 0 Å². The van der Waals surface area contributed by atoms with Crippen LogP contribution in [0.15, 0.2) is 59.5 Å². The Morgan fingerprint density at radius 1 is 0.673 bits per heavy atom. The number of carbonyl (C=O) groups is 6. The molecular formula is C36H49N3O12S. The van der Waals surface area contributed by atoms with Gasteiger partial charge in [0.05, 0.1) is 40.2 Å². The van der Waals surface area contributed by atoms with Gasteiger partial charge in [-0.2, -0.15) is 0 Å². The highest BCUT2D eigenvalue weighted by atomic mass is 32.2. The van der Waals surface area contributed by atoms with Gasteiger partial charge in [-0.05, 0) is 56.3 Å². The molecule has 0 fully saturated rings. The van der Waals surface area contributed by atoms with Crippen LogP contribution in [-0.2, 0) is 38.6 Å². The summed E-state index contributed by atoms with van der Waals surface area (Å²) < 4.78 is 25.0. The molecule has 2 aromatic carbocycles. The molecule has 0 aliphatic heterocycles. The average Bonchev–Trinajstić information content (AvgIpc) is 3.09. The van der Waals surface area contributed by atoms with Crippen molar-refractivity contribution in [2.75, 3.05) is 32.4 Å². The predicted octanol–water partition coefficient (Wildman–Crippen LogP) is 2.25. The largest absolute Gasteiger partial charge is 0.481 e. The molecular weight excluding hydrogens is 698 g/mol. The molecule has 0 aliphatic rings. The highest BCUT2D eigenvalue weighted by Gasteiger charge is 2.55. The van der Waals surface area contributed by atoms with E-state index in [2.05, 4.69) is 16.0 Å². The smallest absolute Gasteiger partial charge is 0.308 e. The van der Waals surface area contributed by atoms with Crippen molar-refractivity contribution in [1.82, 2.24) is 16.0 Å². The van der Waals surface area contributed by atoms with E-state index in [1.807, 2.05) is 6.92 Å². The first-order valence-corrected chi connectivity index (χ1v) is 18.6. The van der Waals surface area contributed by atoms with E-state index in [4.69, 9.17) is 0 Å². The average molecular weight is 748 g/mol. The highest BCUT2D eigenvalue weighted by Crippen LogP contribution is 2.42. The summed E-state index contributed by atoms with van der Waals surface area (Å²) in [5, 5.41) is 49.2. The van der Waals surface area contributed by atoms with Crippen molar-refractivity contribution >= 4 is 45.5 Å². The fraction of sp³-hybridized carbons (Fsp3) is 0.500. The van der Waals surface area contributed by atoms with Crippen LogP contribution in [-0.4, -0.2) is 97.0 Å². The van der Waals surface area contributed by atoms with Gasteiger partial charge >= 0.3 is 23.9 Å². The van der Waals surface area contributed by atoms with E-state index in [9.17, 15) is 57.6 Å². The number of carbonyl (C=O) groups excluding carboxylic acids is 2. The molecule has 286 valence electrons. The first-order chi connectivity index (χ1) is 24.5. The second kappa shape index (κ2) is 20.3. The zero-order valence-corrected chi connectivity index (χ0v) is 30.5. The molecule has 2 amide bonds. The van der Waals surface area contributed by atoms with E-state index in [0.29, 0.717) is 24.9 Å². The van der Waals surface area contributed by atoms with Crippen LogP contribution in [0.1, 0.15) is 50.2 Å². The molecule has 15 nitrogen and oxygen atoms in total. The van der Waals surface area contributed by atoms with Gasteiger partial charge in [-0.15, -0.1) is 0 Å². The molecule has 7 N–H and O–H groups in total. The van der Waals surface area contributed by atoms with Crippen LogP contribution in [0, 0.1) is 42.4 Å². The van der Waals surface area contributed by atoms with Gasteiger partial charge in [0.25, 0.3) is 0 Å². The minimum absolute atomic E-state index is 0.0452. The van der Waals surface area contributed by atoms with Gasteiger partial charge in [-0.3, -0.25) is 28.8 Å². The van der Waals surface area contributed by atoms with E-state index < -0.39 is 87.0 Å². The minimum Gasteiger partial charge on any atom is -0.481 e. The number of aliphatic carboxylic acids is 4. The second-order valence-corrected chi connectivity index (χ2v) is 14.8. The Morgan fingerprint density at radius 3 is 1.69 bits per heavy atom. The molecule has 0 aliphatic carbocycles. The maximum atomic E-state index is 13.4. The number of aryl methyl sites for hydroxylation is 1. The summed E-state index contributed by atoms with van der Waals surface area (Å²) in [4.78, 5) is 78.0. The standard InChI is InChI=1S/C36H49N3O12S/c1-5-25(23-11-7-6-8-12-23)27(34(44)45)30(36(48)49)28(32(41)37-4)29(35(46)47)26(33(42)43)22(3)31(40)39-18-10-9-17-38-19-20-52(50,51)24-15-13-21(2)14-16-24/h6-8,11-16,22,25-30,38H,5,9-10,17-20H2,1-4H3,(H,37,41)(H,39,40)(H,42,43)(H,44,45)(H,46,47)(H,48,49). The molecule has 52 heavy (non-hydrogen) atoms. The number of carboxylic acids is 4. The van der Waals surface area contributed by atoms with Crippen molar-refractivity contribution in [3.05, 3.63) is 65.7 Å². The van der Waals surface area contributed by atoms with Crippen LogP contribution in [0.4, 0.5) is 0 Å². The lowest BCUT2D eigenvalue weighted by Crippen LogP contribution is -2.54. The van der Waals surface area contributed by atoms with Crippen molar-refractivity contribution in [2.45, 2.75) is 50.8 Å². The van der Waals surface area contributed by atoms with Crippen molar-refractivity contribution in [3.8, 4) is 0 Å². The SMILES string of the molecule is CCC(c1ccccc1)C(C(=O)O)C(C(=O)O)C(C(=O)NC)C(C(=O)O)C(C(=O)O)C(C)C(=O)NCCCCNCCS(=O)(=O)c1ccc(C)cc1. The number of nitrogens with one attached hydrogen (secondary N) is 3. The Morgan fingerprint density at radius 2 is 1.19 bits per heavy atom. The molecule has 2 aromatic rings. The molecule has 0 aromatic heterocycles. The fourth-order valence-corrected chi connectivity index (χ4v) is 7.73. The van der Waals surface area contributed by atoms with Gasteiger partial charge < -0.3 is 36.4 Å². The summed E-state index contributed by atoms with van der Waals surface area (Å²) in [6.07, 6.45) is 0.970. The number of hydrogen-bond acceptors (Lipinski definition) is 9. The van der Waals surface area contributed by atoms with Crippen LogP contribution in [0.3, 0.4) is 0 Å². The quantitative estimate of drug-likeness (QED) is 0.0807. The maximum Gasteiger partial charge on any atom is 0.308 e. The summed E-state index contributed by atoms with van der Waals surface area (Å²) >= 11 is 0. The number of benzene rings is 2.